The van der Waals surface area contributed by atoms with E-state index in [9.17, 15) is 9.18 Å². The van der Waals surface area contributed by atoms with E-state index >= 15 is 0 Å². The highest BCUT2D eigenvalue weighted by Gasteiger charge is 2.36. The maximum absolute atomic E-state index is 13.0. The molecule has 2 unspecified atom stereocenters. The fourth-order valence-electron chi connectivity index (χ4n) is 3.53. The van der Waals surface area contributed by atoms with E-state index in [1.54, 1.807) is 6.07 Å². The Hall–Kier alpha value is -1.49. The van der Waals surface area contributed by atoms with Crippen LogP contribution >= 0.6 is 0 Å². The Bertz CT molecular complexity index is 494. The number of hydrogen-bond donors (Lipinski definition) is 1. The Kier molecular flexibility index (Phi) is 3.70. The molecule has 5 heteroatoms. The first-order chi connectivity index (χ1) is 9.63. The number of halogens is 1. The molecule has 2 aliphatic rings. The summed E-state index contributed by atoms with van der Waals surface area (Å²) in [6.07, 6.45) is 5.66. The van der Waals surface area contributed by atoms with Crippen LogP contribution < -0.4 is 5.32 Å². The Labute approximate surface area is 118 Å². The second kappa shape index (κ2) is 5.48. The number of nitrogens with one attached hydrogen (secondary N) is 1. The van der Waals surface area contributed by atoms with Gasteiger partial charge in [-0.2, -0.15) is 4.39 Å². The van der Waals surface area contributed by atoms with Crippen molar-refractivity contribution < 1.29 is 9.18 Å². The van der Waals surface area contributed by atoms with Crippen LogP contribution in [0.2, 0.25) is 0 Å². The fraction of sp³-hybridized carbons (Fsp3) is 0.600. The maximum atomic E-state index is 13.0. The number of piperidine rings is 2. The number of fused-ring (bicyclic) bond motifs is 2. The second-order valence-corrected chi connectivity index (χ2v) is 5.89. The molecule has 2 atom stereocenters. The average Bonchev–Trinajstić information content (AvgIpc) is 2.40. The van der Waals surface area contributed by atoms with Gasteiger partial charge in [0.1, 0.15) is 5.69 Å². The van der Waals surface area contributed by atoms with E-state index in [0.29, 0.717) is 12.1 Å². The third kappa shape index (κ3) is 2.68. The van der Waals surface area contributed by atoms with E-state index in [-0.39, 0.29) is 17.6 Å². The molecule has 1 aromatic rings. The summed E-state index contributed by atoms with van der Waals surface area (Å²) >= 11 is 0. The van der Waals surface area contributed by atoms with E-state index in [0.717, 1.165) is 12.8 Å². The number of aromatic nitrogens is 1. The van der Waals surface area contributed by atoms with Crippen LogP contribution in [0.25, 0.3) is 0 Å². The van der Waals surface area contributed by atoms with Gasteiger partial charge in [-0.3, -0.25) is 4.79 Å². The number of carbonyl (C=O) groups is 1. The van der Waals surface area contributed by atoms with Crippen molar-refractivity contribution in [3.63, 3.8) is 0 Å². The van der Waals surface area contributed by atoms with Crippen molar-refractivity contribution >= 4 is 5.91 Å². The Morgan fingerprint density at radius 2 is 2.05 bits per heavy atom. The zero-order chi connectivity index (χ0) is 14.1. The number of nitrogens with zero attached hydrogens (tertiary/aromatic N) is 2. The van der Waals surface area contributed by atoms with Crippen molar-refractivity contribution in [1.29, 1.82) is 0 Å². The molecule has 0 aliphatic carbocycles. The van der Waals surface area contributed by atoms with Gasteiger partial charge < -0.3 is 10.2 Å². The zero-order valence-corrected chi connectivity index (χ0v) is 11.7. The highest BCUT2D eigenvalue weighted by atomic mass is 19.1. The fourth-order valence-corrected chi connectivity index (χ4v) is 3.53. The average molecular weight is 277 g/mol. The first-order valence-electron chi connectivity index (χ1n) is 7.29. The minimum Gasteiger partial charge on any atom is -0.348 e. The summed E-state index contributed by atoms with van der Waals surface area (Å²) in [4.78, 5) is 18.2. The topological polar surface area (TPSA) is 45.2 Å². The highest BCUT2D eigenvalue weighted by molar-refractivity contribution is 5.92. The van der Waals surface area contributed by atoms with Crippen molar-refractivity contribution in [2.45, 2.75) is 50.2 Å². The third-order valence-electron chi connectivity index (χ3n) is 4.62. The molecule has 0 saturated carbocycles. The van der Waals surface area contributed by atoms with Gasteiger partial charge in [-0.25, -0.2) is 4.98 Å². The van der Waals surface area contributed by atoms with E-state index in [1.165, 1.54) is 31.4 Å². The molecule has 2 fully saturated rings. The van der Waals surface area contributed by atoms with Gasteiger partial charge in [0.05, 0.1) is 0 Å². The van der Waals surface area contributed by atoms with Gasteiger partial charge >= 0.3 is 0 Å². The van der Waals surface area contributed by atoms with Crippen LogP contribution in [-0.4, -0.2) is 41.0 Å². The lowest BCUT2D eigenvalue weighted by molar-refractivity contribution is 0.0461. The largest absolute Gasteiger partial charge is 0.348 e. The summed E-state index contributed by atoms with van der Waals surface area (Å²) in [7, 11) is 2.18. The molecule has 4 nitrogen and oxygen atoms in total. The first-order valence-corrected chi connectivity index (χ1v) is 7.29. The number of rotatable bonds is 2. The minimum atomic E-state index is -0.613. The molecule has 3 rings (SSSR count). The normalized spacial score (nSPS) is 30.0. The molecule has 2 aliphatic heterocycles. The van der Waals surface area contributed by atoms with Gasteiger partial charge in [0.25, 0.3) is 5.91 Å². The number of pyridine rings is 1. The summed E-state index contributed by atoms with van der Waals surface area (Å²) < 4.78 is 13.0. The van der Waals surface area contributed by atoms with Crippen molar-refractivity contribution in [2.75, 3.05) is 7.05 Å². The lowest BCUT2D eigenvalue weighted by atomic mass is 9.82. The van der Waals surface area contributed by atoms with Crippen molar-refractivity contribution in [3.05, 3.63) is 29.8 Å². The van der Waals surface area contributed by atoms with Crippen molar-refractivity contribution in [1.82, 2.24) is 15.2 Å². The van der Waals surface area contributed by atoms with Crippen LogP contribution in [0.15, 0.2) is 18.2 Å². The summed E-state index contributed by atoms with van der Waals surface area (Å²) in [6, 6.07) is 5.62. The van der Waals surface area contributed by atoms with Crippen LogP contribution in [-0.2, 0) is 0 Å². The summed E-state index contributed by atoms with van der Waals surface area (Å²) in [5, 5.41) is 3.02. The van der Waals surface area contributed by atoms with Gasteiger partial charge in [0.15, 0.2) is 0 Å². The summed E-state index contributed by atoms with van der Waals surface area (Å²) in [5.41, 5.74) is 0.161. The van der Waals surface area contributed by atoms with Crippen LogP contribution in [0.5, 0.6) is 0 Å². The lowest BCUT2D eigenvalue weighted by Gasteiger charge is -2.47. The van der Waals surface area contributed by atoms with Crippen LogP contribution in [0, 0.1) is 5.95 Å². The van der Waals surface area contributed by atoms with Gasteiger partial charge in [-0.1, -0.05) is 12.5 Å². The Morgan fingerprint density at radius 1 is 1.35 bits per heavy atom. The van der Waals surface area contributed by atoms with E-state index < -0.39 is 5.95 Å². The second-order valence-electron chi connectivity index (χ2n) is 5.89. The third-order valence-corrected chi connectivity index (χ3v) is 4.62. The molecule has 108 valence electrons. The van der Waals surface area contributed by atoms with Crippen LogP contribution in [0.3, 0.4) is 0 Å². The lowest BCUT2D eigenvalue weighted by Crippen LogP contribution is -2.55. The molecule has 0 spiro atoms. The van der Waals surface area contributed by atoms with E-state index in [4.69, 9.17) is 0 Å². The minimum absolute atomic E-state index is 0.161. The number of hydrogen-bond acceptors (Lipinski definition) is 3. The molecule has 1 amide bonds. The Balaban J connectivity index is 1.65. The van der Waals surface area contributed by atoms with Gasteiger partial charge in [0, 0.05) is 18.1 Å². The van der Waals surface area contributed by atoms with Gasteiger partial charge in [-0.05, 0) is 44.9 Å². The number of amides is 1. The van der Waals surface area contributed by atoms with Crippen molar-refractivity contribution in [3.8, 4) is 0 Å². The Morgan fingerprint density at radius 3 is 2.70 bits per heavy atom. The van der Waals surface area contributed by atoms with E-state index in [2.05, 4.69) is 22.2 Å². The first kappa shape index (κ1) is 13.5. The predicted molar refractivity (Wildman–Crippen MR) is 73.9 cm³/mol. The molecule has 0 aromatic carbocycles. The molecular weight excluding hydrogens is 257 g/mol. The SMILES string of the molecule is CN1C2CCCC1CC(NC(=O)c1cccc(F)n1)C2. The van der Waals surface area contributed by atoms with Gasteiger partial charge in [-0.15, -0.1) is 0 Å². The molecule has 0 radical (unpaired) electrons. The molecule has 20 heavy (non-hydrogen) atoms. The highest BCUT2D eigenvalue weighted by Crippen LogP contribution is 2.32. The quantitative estimate of drug-likeness (QED) is 0.841. The molecule has 1 aromatic heterocycles. The summed E-state index contributed by atoms with van der Waals surface area (Å²) in [5.74, 6) is -0.880. The molecule has 1 N–H and O–H groups in total. The van der Waals surface area contributed by atoms with Gasteiger partial charge in [0.2, 0.25) is 5.95 Å². The predicted octanol–water partition coefficient (Wildman–Crippen LogP) is 1.97. The molecule has 2 bridgehead atoms. The monoisotopic (exact) mass is 277 g/mol. The molecule has 2 saturated heterocycles. The summed E-state index contributed by atoms with van der Waals surface area (Å²) in [6.45, 7) is 0. The van der Waals surface area contributed by atoms with Crippen molar-refractivity contribution in [2.24, 2.45) is 0 Å². The smallest absolute Gasteiger partial charge is 0.270 e. The standard InChI is InChI=1S/C15H20FN3O/c1-19-11-4-2-5-12(19)9-10(8-11)17-15(20)13-6-3-7-14(16)18-13/h3,6-7,10-12H,2,4-5,8-9H2,1H3,(H,17,20). The van der Waals surface area contributed by atoms with E-state index in [1.807, 2.05) is 0 Å². The number of carbonyl (C=O) groups excluding carboxylic acids is 1. The van der Waals surface area contributed by atoms with Crippen LogP contribution in [0.4, 0.5) is 4.39 Å². The maximum Gasteiger partial charge on any atom is 0.270 e. The molecular formula is C15H20FN3O. The zero-order valence-electron chi connectivity index (χ0n) is 11.7. The molecule has 3 heterocycles. The van der Waals surface area contributed by atoms with Crippen LogP contribution in [0.1, 0.15) is 42.6 Å².